The lowest BCUT2D eigenvalue weighted by molar-refractivity contribution is -0.148. The van der Waals surface area contributed by atoms with E-state index in [9.17, 15) is 14.9 Å². The largest absolute Gasteiger partial charge is 0.466 e. The molecule has 28 heavy (non-hydrogen) atoms. The first-order chi connectivity index (χ1) is 13.4. The number of ether oxygens (including phenoxy) is 2. The van der Waals surface area contributed by atoms with E-state index in [0.717, 1.165) is 5.56 Å². The van der Waals surface area contributed by atoms with Crippen LogP contribution in [0.2, 0.25) is 0 Å². The SMILES string of the molecule is C=C(C(=O)OC)C(c1ccccc1C)C(C#N)(C(=O)OCC)c1ccccc1. The van der Waals surface area contributed by atoms with Crippen LogP contribution in [0.5, 0.6) is 0 Å². The Kier molecular flexibility index (Phi) is 6.73. The first-order valence-corrected chi connectivity index (χ1v) is 8.90. The van der Waals surface area contributed by atoms with Crippen LogP contribution in [-0.4, -0.2) is 25.7 Å². The van der Waals surface area contributed by atoms with E-state index in [1.54, 1.807) is 49.4 Å². The molecule has 0 bridgehead atoms. The summed E-state index contributed by atoms with van der Waals surface area (Å²) in [5.74, 6) is -2.40. The summed E-state index contributed by atoms with van der Waals surface area (Å²) in [5, 5.41) is 10.3. The second-order valence-corrected chi connectivity index (χ2v) is 6.31. The average molecular weight is 377 g/mol. The molecule has 0 fully saturated rings. The number of rotatable bonds is 7. The van der Waals surface area contributed by atoms with E-state index in [4.69, 9.17) is 9.47 Å². The van der Waals surface area contributed by atoms with Crippen molar-refractivity contribution in [2.75, 3.05) is 13.7 Å². The summed E-state index contributed by atoms with van der Waals surface area (Å²) in [7, 11) is 1.24. The van der Waals surface area contributed by atoms with Gasteiger partial charge in [0, 0.05) is 11.5 Å². The molecule has 0 amide bonds. The number of hydrogen-bond donors (Lipinski definition) is 0. The Hall–Kier alpha value is -3.39. The van der Waals surface area contributed by atoms with Gasteiger partial charge in [0.1, 0.15) is 0 Å². The fourth-order valence-electron chi connectivity index (χ4n) is 3.37. The molecule has 0 aromatic heterocycles. The second-order valence-electron chi connectivity index (χ2n) is 6.31. The lowest BCUT2D eigenvalue weighted by Gasteiger charge is -2.35. The Balaban J connectivity index is 2.88. The zero-order valence-corrected chi connectivity index (χ0v) is 16.3. The minimum Gasteiger partial charge on any atom is -0.466 e. The number of benzene rings is 2. The standard InChI is InChI=1S/C23H23NO4/c1-5-28-22(26)23(15-24,18-12-7-6-8-13-18)20(17(3)21(25)27-4)19-14-10-9-11-16(19)2/h6-14,20H,3,5H2,1-2,4H3. The van der Waals surface area contributed by atoms with Crippen molar-refractivity contribution < 1.29 is 19.1 Å². The number of carbonyl (C=O) groups is 2. The molecular weight excluding hydrogens is 354 g/mol. The third-order valence-electron chi connectivity index (χ3n) is 4.73. The van der Waals surface area contributed by atoms with Gasteiger partial charge in [-0.25, -0.2) is 9.59 Å². The molecule has 5 nitrogen and oxygen atoms in total. The minimum absolute atomic E-state index is 0.00950. The van der Waals surface area contributed by atoms with E-state index in [0.29, 0.717) is 11.1 Å². The fourth-order valence-corrected chi connectivity index (χ4v) is 3.37. The summed E-state index contributed by atoms with van der Waals surface area (Å²) in [4.78, 5) is 25.6. The van der Waals surface area contributed by atoms with E-state index in [-0.39, 0.29) is 12.2 Å². The molecule has 2 aromatic carbocycles. The molecule has 2 rings (SSSR count). The van der Waals surface area contributed by atoms with Crippen LogP contribution >= 0.6 is 0 Å². The Labute approximate surface area is 165 Å². The van der Waals surface area contributed by atoms with Gasteiger partial charge >= 0.3 is 11.9 Å². The van der Waals surface area contributed by atoms with Crippen LogP contribution in [0.25, 0.3) is 0 Å². The summed E-state index contributed by atoms with van der Waals surface area (Å²) >= 11 is 0. The number of hydrogen-bond acceptors (Lipinski definition) is 5. The van der Waals surface area contributed by atoms with Gasteiger partial charge in [-0.05, 0) is 30.5 Å². The van der Waals surface area contributed by atoms with E-state index < -0.39 is 23.3 Å². The molecule has 0 aliphatic heterocycles. The Morgan fingerprint density at radius 3 is 2.29 bits per heavy atom. The third-order valence-corrected chi connectivity index (χ3v) is 4.73. The molecule has 2 aromatic rings. The van der Waals surface area contributed by atoms with Crippen LogP contribution < -0.4 is 0 Å². The van der Waals surface area contributed by atoms with Gasteiger partial charge in [0.25, 0.3) is 0 Å². The van der Waals surface area contributed by atoms with Crippen molar-refractivity contribution in [2.45, 2.75) is 25.2 Å². The maximum Gasteiger partial charge on any atom is 0.333 e. The van der Waals surface area contributed by atoms with Crippen molar-refractivity contribution >= 4 is 11.9 Å². The monoisotopic (exact) mass is 377 g/mol. The molecule has 0 radical (unpaired) electrons. The molecule has 0 heterocycles. The quantitative estimate of drug-likeness (QED) is 0.541. The number of nitrogens with zero attached hydrogens (tertiary/aromatic N) is 1. The summed E-state index contributed by atoms with van der Waals surface area (Å²) in [5.41, 5.74) is 0.0903. The van der Waals surface area contributed by atoms with E-state index >= 15 is 0 Å². The van der Waals surface area contributed by atoms with Gasteiger partial charge in [0.2, 0.25) is 0 Å². The van der Waals surface area contributed by atoms with Crippen LogP contribution in [0.4, 0.5) is 0 Å². The predicted octanol–water partition coefficient (Wildman–Crippen LogP) is 3.83. The van der Waals surface area contributed by atoms with Crippen molar-refractivity contribution in [3.8, 4) is 6.07 Å². The van der Waals surface area contributed by atoms with Gasteiger partial charge in [-0.2, -0.15) is 5.26 Å². The average Bonchev–Trinajstić information content (AvgIpc) is 2.72. The number of aryl methyl sites for hydroxylation is 1. The molecule has 2 atom stereocenters. The van der Waals surface area contributed by atoms with Gasteiger partial charge in [0.05, 0.1) is 19.8 Å². The lowest BCUT2D eigenvalue weighted by Crippen LogP contribution is -2.44. The van der Waals surface area contributed by atoms with Crippen LogP contribution in [0.1, 0.15) is 29.5 Å². The van der Waals surface area contributed by atoms with Crippen molar-refractivity contribution in [2.24, 2.45) is 0 Å². The molecule has 0 aliphatic rings. The number of esters is 2. The van der Waals surface area contributed by atoms with Crippen molar-refractivity contribution in [3.63, 3.8) is 0 Å². The zero-order chi connectivity index (χ0) is 20.7. The van der Waals surface area contributed by atoms with Crippen molar-refractivity contribution in [1.82, 2.24) is 0 Å². The maximum atomic E-state index is 13.2. The van der Waals surface area contributed by atoms with Gasteiger partial charge < -0.3 is 9.47 Å². The molecule has 0 spiro atoms. The highest BCUT2D eigenvalue weighted by Crippen LogP contribution is 2.45. The smallest absolute Gasteiger partial charge is 0.333 e. The lowest BCUT2D eigenvalue weighted by atomic mass is 9.65. The summed E-state index contributed by atoms with van der Waals surface area (Å²) in [6, 6.07) is 18.0. The van der Waals surface area contributed by atoms with Crippen LogP contribution in [0.15, 0.2) is 66.7 Å². The Bertz CT molecular complexity index is 914. The summed E-state index contributed by atoms with van der Waals surface area (Å²) < 4.78 is 10.2. The Morgan fingerprint density at radius 2 is 1.75 bits per heavy atom. The third kappa shape index (κ3) is 3.67. The molecule has 0 saturated heterocycles. The minimum atomic E-state index is -1.80. The van der Waals surface area contributed by atoms with E-state index in [1.807, 2.05) is 19.1 Å². The van der Waals surface area contributed by atoms with Crippen molar-refractivity contribution in [3.05, 3.63) is 83.4 Å². The zero-order valence-electron chi connectivity index (χ0n) is 16.3. The van der Waals surface area contributed by atoms with Gasteiger partial charge in [0.15, 0.2) is 5.41 Å². The van der Waals surface area contributed by atoms with Crippen LogP contribution in [0, 0.1) is 18.3 Å². The molecule has 0 N–H and O–H groups in total. The number of methoxy groups -OCH3 is 1. The first-order valence-electron chi connectivity index (χ1n) is 8.90. The second kappa shape index (κ2) is 9.01. The normalized spacial score (nSPS) is 13.5. The van der Waals surface area contributed by atoms with E-state index in [2.05, 4.69) is 12.6 Å². The highest BCUT2D eigenvalue weighted by molar-refractivity contribution is 5.96. The van der Waals surface area contributed by atoms with Crippen LogP contribution in [-0.2, 0) is 24.5 Å². The first kappa shape index (κ1) is 20.9. The molecule has 5 heteroatoms. The predicted molar refractivity (Wildman–Crippen MR) is 105 cm³/mol. The summed E-state index contributed by atoms with van der Waals surface area (Å²) in [6.07, 6.45) is 0. The van der Waals surface area contributed by atoms with Crippen LogP contribution in [0.3, 0.4) is 0 Å². The summed E-state index contributed by atoms with van der Waals surface area (Å²) in [6.45, 7) is 7.51. The van der Waals surface area contributed by atoms with E-state index in [1.165, 1.54) is 7.11 Å². The molecule has 2 unspecified atom stereocenters. The van der Waals surface area contributed by atoms with Gasteiger partial charge in [-0.3, -0.25) is 0 Å². The molecule has 0 aliphatic carbocycles. The molecule has 144 valence electrons. The highest BCUT2D eigenvalue weighted by Gasteiger charge is 2.53. The molecular formula is C23H23NO4. The number of carbonyl (C=O) groups excluding carboxylic acids is 2. The van der Waals surface area contributed by atoms with Gasteiger partial charge in [-0.15, -0.1) is 0 Å². The van der Waals surface area contributed by atoms with Crippen molar-refractivity contribution in [1.29, 1.82) is 5.26 Å². The number of nitriles is 1. The fraction of sp³-hybridized carbons (Fsp3) is 0.261. The highest BCUT2D eigenvalue weighted by atomic mass is 16.5. The molecule has 0 saturated carbocycles. The topological polar surface area (TPSA) is 76.4 Å². The Morgan fingerprint density at radius 1 is 1.14 bits per heavy atom. The maximum absolute atomic E-state index is 13.2. The van der Waals surface area contributed by atoms with Gasteiger partial charge in [-0.1, -0.05) is 61.2 Å².